The number of nitrogens with one attached hydrogen (secondary N) is 1. The Bertz CT molecular complexity index is 866. The minimum absolute atomic E-state index is 0. The highest BCUT2D eigenvalue weighted by atomic mass is 16.5. The lowest BCUT2D eigenvalue weighted by molar-refractivity contribution is -0.150. The van der Waals surface area contributed by atoms with Gasteiger partial charge in [0, 0.05) is 23.2 Å². The number of hydrogen-bond acceptors (Lipinski definition) is 5. The van der Waals surface area contributed by atoms with E-state index in [0.29, 0.717) is 29.9 Å². The van der Waals surface area contributed by atoms with E-state index in [0.717, 1.165) is 29.7 Å². The molecule has 1 fully saturated rings. The fraction of sp³-hybridized carbons (Fsp3) is 0.450. The Kier molecular flexibility index (Phi) is 4.48. The molecule has 2 aromatic rings. The van der Waals surface area contributed by atoms with Crippen LogP contribution in [0.1, 0.15) is 50.1 Å². The van der Waals surface area contributed by atoms with Crippen molar-refractivity contribution < 1.29 is 19.2 Å². The lowest BCUT2D eigenvalue weighted by Gasteiger charge is -2.32. The lowest BCUT2D eigenvalue weighted by Crippen LogP contribution is -2.46. The van der Waals surface area contributed by atoms with Crippen LogP contribution in [0.2, 0.25) is 0 Å². The molecule has 1 aromatic heterocycles. The van der Waals surface area contributed by atoms with Crippen molar-refractivity contribution in [2.75, 3.05) is 5.32 Å². The smallest absolute Gasteiger partial charge is 0.261 e. The van der Waals surface area contributed by atoms with E-state index in [4.69, 9.17) is 4.52 Å². The molecule has 2 heterocycles. The Labute approximate surface area is 152 Å². The van der Waals surface area contributed by atoms with Gasteiger partial charge in [0.25, 0.3) is 5.91 Å². The third-order valence-electron chi connectivity index (χ3n) is 5.41. The van der Waals surface area contributed by atoms with Gasteiger partial charge in [-0.3, -0.25) is 9.59 Å². The Morgan fingerprint density at radius 3 is 2.69 bits per heavy atom. The first kappa shape index (κ1) is 18.3. The topological polar surface area (TPSA) is 92.4 Å². The van der Waals surface area contributed by atoms with E-state index in [2.05, 4.69) is 10.5 Å². The number of carbonyl (C=O) groups excluding carboxylic acids is 2. The minimum atomic E-state index is -1.80. The van der Waals surface area contributed by atoms with Gasteiger partial charge in [-0.15, -0.1) is 0 Å². The van der Waals surface area contributed by atoms with Gasteiger partial charge in [0.1, 0.15) is 11.5 Å². The highest BCUT2D eigenvalue weighted by Gasteiger charge is 2.54. The number of Topliss-reactive ketones (excluding diaryl/α,β-unsaturated/α-hetero) is 1. The number of nitrogens with zero attached hydrogens (tertiary/aromatic N) is 1. The molecule has 2 aliphatic rings. The third-order valence-corrected chi connectivity index (χ3v) is 5.41. The van der Waals surface area contributed by atoms with Gasteiger partial charge in [-0.05, 0) is 44.4 Å². The second-order valence-electron chi connectivity index (χ2n) is 6.94. The van der Waals surface area contributed by atoms with E-state index < -0.39 is 17.4 Å². The number of aromatic nitrogens is 1. The summed E-state index contributed by atoms with van der Waals surface area (Å²) in [5.41, 5.74) is 1.62. The second kappa shape index (κ2) is 6.36. The maximum absolute atomic E-state index is 12.6. The molecular weight excluding hydrogens is 332 g/mol. The number of hydrogen-bond donors (Lipinski definition) is 2. The number of carbonyl (C=O) groups is 2. The summed E-state index contributed by atoms with van der Waals surface area (Å²) in [4.78, 5) is 25.0. The molecule has 138 valence electrons. The number of benzene rings is 1. The number of amides is 1. The second-order valence-corrected chi connectivity index (χ2v) is 6.94. The summed E-state index contributed by atoms with van der Waals surface area (Å²) in [7, 11) is 0. The van der Waals surface area contributed by atoms with Gasteiger partial charge in [-0.1, -0.05) is 25.1 Å². The molecule has 2 unspecified atom stereocenters. The average Bonchev–Trinajstić information content (AvgIpc) is 3.05. The van der Waals surface area contributed by atoms with Crippen LogP contribution >= 0.6 is 0 Å². The summed E-state index contributed by atoms with van der Waals surface area (Å²) in [6, 6.07) is 5.40. The van der Waals surface area contributed by atoms with Crippen molar-refractivity contribution in [3.05, 3.63) is 35.2 Å². The molecule has 0 radical (unpaired) electrons. The Morgan fingerprint density at radius 2 is 2.04 bits per heavy atom. The summed E-state index contributed by atoms with van der Waals surface area (Å²) in [6.45, 7) is 3.67. The van der Waals surface area contributed by atoms with Crippen LogP contribution in [-0.2, 0) is 15.2 Å². The molecule has 0 bridgehead atoms. The molecule has 1 aromatic carbocycles. The average molecular weight is 356 g/mol. The Hall–Kier alpha value is -2.47. The van der Waals surface area contributed by atoms with Gasteiger partial charge in [0.05, 0.1) is 11.6 Å². The minimum Gasteiger partial charge on any atom is -0.375 e. The first-order valence-electron chi connectivity index (χ1n) is 8.57. The van der Waals surface area contributed by atoms with E-state index in [1.807, 2.05) is 19.9 Å². The summed E-state index contributed by atoms with van der Waals surface area (Å²) in [5.74, 6) is -0.576. The van der Waals surface area contributed by atoms with Crippen molar-refractivity contribution in [1.29, 1.82) is 0 Å². The molecule has 0 spiro atoms. The van der Waals surface area contributed by atoms with Crippen LogP contribution < -0.4 is 5.32 Å². The van der Waals surface area contributed by atoms with E-state index >= 15 is 0 Å². The Balaban J connectivity index is 0.00000196. The normalized spacial score (nSPS) is 24.8. The van der Waals surface area contributed by atoms with E-state index in [9.17, 15) is 14.7 Å². The summed E-state index contributed by atoms with van der Waals surface area (Å²) in [6.07, 6.45) is 2.60. The van der Waals surface area contributed by atoms with Crippen molar-refractivity contribution in [2.45, 2.75) is 52.6 Å². The van der Waals surface area contributed by atoms with Gasteiger partial charge in [0.15, 0.2) is 5.60 Å². The molecule has 6 nitrogen and oxygen atoms in total. The molecule has 2 atom stereocenters. The molecule has 1 aliphatic carbocycles. The third kappa shape index (κ3) is 2.48. The van der Waals surface area contributed by atoms with Crippen LogP contribution in [-0.4, -0.2) is 22.0 Å². The predicted octanol–water partition coefficient (Wildman–Crippen LogP) is 3.49. The Morgan fingerprint density at radius 1 is 1.27 bits per heavy atom. The van der Waals surface area contributed by atoms with E-state index in [-0.39, 0.29) is 13.2 Å². The zero-order valence-electron chi connectivity index (χ0n) is 14.3. The van der Waals surface area contributed by atoms with Crippen LogP contribution in [0.3, 0.4) is 0 Å². The highest BCUT2D eigenvalue weighted by Crippen LogP contribution is 2.46. The van der Waals surface area contributed by atoms with Crippen molar-refractivity contribution in [2.24, 2.45) is 5.92 Å². The molecule has 26 heavy (non-hydrogen) atoms. The fourth-order valence-electron chi connectivity index (χ4n) is 4.13. The number of aliphatic hydroxyl groups is 1. The number of fused-ring (bicyclic) bond motifs is 1. The van der Waals surface area contributed by atoms with E-state index in [1.165, 1.54) is 0 Å². The maximum atomic E-state index is 12.6. The molecule has 0 saturated heterocycles. The van der Waals surface area contributed by atoms with Crippen molar-refractivity contribution in [1.82, 2.24) is 5.16 Å². The van der Waals surface area contributed by atoms with Crippen molar-refractivity contribution in [3.8, 4) is 11.1 Å². The van der Waals surface area contributed by atoms with Crippen molar-refractivity contribution >= 4 is 17.4 Å². The van der Waals surface area contributed by atoms with Crippen LogP contribution in [0, 0.1) is 19.8 Å². The zero-order chi connectivity index (χ0) is 17.8. The molecule has 1 saturated carbocycles. The number of anilines is 1. The molecule has 2 N–H and O–H groups in total. The van der Waals surface area contributed by atoms with Gasteiger partial charge >= 0.3 is 0 Å². The molecule has 6 heteroatoms. The maximum Gasteiger partial charge on any atom is 0.261 e. The number of rotatable bonds is 2. The summed E-state index contributed by atoms with van der Waals surface area (Å²) in [5, 5.41) is 18.0. The van der Waals surface area contributed by atoms with Crippen LogP contribution in [0.5, 0.6) is 0 Å². The fourth-order valence-corrected chi connectivity index (χ4v) is 4.13. The predicted molar refractivity (Wildman–Crippen MR) is 97.6 cm³/mol. The highest BCUT2D eigenvalue weighted by molar-refractivity contribution is 6.08. The van der Waals surface area contributed by atoms with Gasteiger partial charge in [0.2, 0.25) is 0 Å². The summed E-state index contributed by atoms with van der Waals surface area (Å²) >= 11 is 0. The number of aryl methyl sites for hydroxylation is 2. The molecule has 1 amide bonds. The van der Waals surface area contributed by atoms with Gasteiger partial charge in [-0.25, -0.2) is 0 Å². The van der Waals surface area contributed by atoms with Crippen LogP contribution in [0.4, 0.5) is 5.69 Å². The summed E-state index contributed by atoms with van der Waals surface area (Å²) < 4.78 is 5.23. The lowest BCUT2D eigenvalue weighted by atomic mass is 9.73. The first-order valence-corrected chi connectivity index (χ1v) is 8.57. The first-order chi connectivity index (χ1) is 11.9. The monoisotopic (exact) mass is 356 g/mol. The SMILES string of the molecule is C.Cc1noc(C)c1-c1ccc2c(c1)C(O)(C1CCCCC1=O)C(=O)N2. The van der Waals surface area contributed by atoms with Crippen LogP contribution in [0.15, 0.2) is 22.7 Å². The zero-order valence-corrected chi connectivity index (χ0v) is 14.3. The van der Waals surface area contributed by atoms with E-state index in [1.54, 1.807) is 12.1 Å². The molecule has 1 aliphatic heterocycles. The molecule has 4 rings (SSSR count). The standard InChI is InChI=1S/C19H20N2O4.CH4/c1-10-17(11(2)25-21-10)12-7-8-15-14(9-12)19(24,18(23)20-15)13-5-3-4-6-16(13)22;/h7-9,13,24H,3-6H2,1-2H3,(H,20,23);1H4. The molecular formula is C20H24N2O4. The van der Waals surface area contributed by atoms with Gasteiger partial charge < -0.3 is 14.9 Å². The number of ketones is 1. The quantitative estimate of drug-likeness (QED) is 0.859. The van der Waals surface area contributed by atoms with Crippen molar-refractivity contribution in [3.63, 3.8) is 0 Å². The largest absolute Gasteiger partial charge is 0.375 e. The van der Waals surface area contributed by atoms with Crippen LogP contribution in [0.25, 0.3) is 11.1 Å². The van der Waals surface area contributed by atoms with Gasteiger partial charge in [-0.2, -0.15) is 0 Å².